The van der Waals surface area contributed by atoms with E-state index in [0.29, 0.717) is 12.2 Å². The van der Waals surface area contributed by atoms with E-state index in [0.717, 1.165) is 23.6 Å². The van der Waals surface area contributed by atoms with Crippen LogP contribution in [0.2, 0.25) is 0 Å². The van der Waals surface area contributed by atoms with Gasteiger partial charge in [0.2, 0.25) is 0 Å². The predicted octanol–water partition coefficient (Wildman–Crippen LogP) is 3.75. The molecule has 0 amide bonds. The largest absolute Gasteiger partial charge is 0.426 e. The first-order chi connectivity index (χ1) is 8.31. The van der Waals surface area contributed by atoms with Crippen LogP contribution in [0, 0.1) is 6.92 Å². The number of carbonyl (C=O) groups is 1. The van der Waals surface area contributed by atoms with Crippen LogP contribution in [-0.4, -0.2) is 5.97 Å². The molecule has 0 saturated heterocycles. The van der Waals surface area contributed by atoms with Crippen molar-refractivity contribution in [1.29, 1.82) is 0 Å². The second-order valence-electron chi connectivity index (χ2n) is 3.91. The Labute approximate surface area is 101 Å². The van der Waals surface area contributed by atoms with Crippen LogP contribution in [0.3, 0.4) is 0 Å². The van der Waals surface area contributed by atoms with Crippen LogP contribution in [0.1, 0.15) is 19.3 Å². The molecule has 0 bridgehead atoms. The Morgan fingerprint density at radius 3 is 2.71 bits per heavy atom. The van der Waals surface area contributed by atoms with Gasteiger partial charge in [0.15, 0.2) is 0 Å². The van der Waals surface area contributed by atoms with Gasteiger partial charge in [-0.1, -0.05) is 49.7 Å². The minimum atomic E-state index is -0.190. The molecule has 2 rings (SSSR count). The lowest BCUT2D eigenvalue weighted by molar-refractivity contribution is -0.134. The Kier molecular flexibility index (Phi) is 3.76. The molecule has 1 radical (unpaired) electrons. The third-order valence-electron chi connectivity index (χ3n) is 2.60. The van der Waals surface area contributed by atoms with Crippen LogP contribution in [0.4, 0.5) is 0 Å². The standard InChI is InChI=1S/C15H15O2/c1-2-3-11-15(16)17-14-10-6-8-12-7-4-5-9-13(12)14/h4-10H,1-3,11H2. The van der Waals surface area contributed by atoms with E-state index in [4.69, 9.17) is 4.74 Å². The predicted molar refractivity (Wildman–Crippen MR) is 68.8 cm³/mol. The second-order valence-corrected chi connectivity index (χ2v) is 3.91. The number of carbonyl (C=O) groups excluding carboxylic acids is 1. The van der Waals surface area contributed by atoms with Crippen LogP contribution in [-0.2, 0) is 4.79 Å². The van der Waals surface area contributed by atoms with Crippen LogP contribution in [0.15, 0.2) is 42.5 Å². The van der Waals surface area contributed by atoms with Crippen molar-refractivity contribution in [3.05, 3.63) is 49.4 Å². The summed E-state index contributed by atoms with van der Waals surface area (Å²) < 4.78 is 5.36. The summed E-state index contributed by atoms with van der Waals surface area (Å²) in [5, 5.41) is 2.05. The number of ether oxygens (including phenoxy) is 1. The first-order valence-electron chi connectivity index (χ1n) is 5.79. The molecule has 0 unspecified atom stereocenters. The Morgan fingerprint density at radius 1 is 1.12 bits per heavy atom. The van der Waals surface area contributed by atoms with Crippen LogP contribution in [0.5, 0.6) is 5.75 Å². The summed E-state index contributed by atoms with van der Waals surface area (Å²) in [6.07, 6.45) is 1.95. The molecule has 0 spiro atoms. The van der Waals surface area contributed by atoms with E-state index >= 15 is 0 Å². The van der Waals surface area contributed by atoms with Crippen molar-refractivity contribution < 1.29 is 9.53 Å². The highest BCUT2D eigenvalue weighted by Crippen LogP contribution is 2.25. The Morgan fingerprint density at radius 2 is 1.88 bits per heavy atom. The molecule has 2 aromatic rings. The minimum absolute atomic E-state index is 0.190. The molecule has 0 aliphatic carbocycles. The zero-order valence-corrected chi connectivity index (χ0v) is 9.69. The number of benzene rings is 2. The van der Waals surface area contributed by atoms with Gasteiger partial charge in [-0.3, -0.25) is 4.79 Å². The molecule has 0 heterocycles. The second kappa shape index (κ2) is 5.48. The van der Waals surface area contributed by atoms with Crippen molar-refractivity contribution in [2.45, 2.75) is 19.3 Å². The van der Waals surface area contributed by atoms with Gasteiger partial charge in [-0.25, -0.2) is 0 Å². The highest BCUT2D eigenvalue weighted by atomic mass is 16.5. The van der Waals surface area contributed by atoms with Gasteiger partial charge in [0.1, 0.15) is 5.75 Å². The molecule has 0 aliphatic heterocycles. The summed E-state index contributed by atoms with van der Waals surface area (Å²) in [7, 11) is 0. The molecule has 2 heteroatoms. The highest BCUT2D eigenvalue weighted by molar-refractivity contribution is 5.90. The molecule has 0 aromatic heterocycles. The van der Waals surface area contributed by atoms with Gasteiger partial charge in [0, 0.05) is 11.8 Å². The minimum Gasteiger partial charge on any atom is -0.426 e. The lowest BCUT2D eigenvalue weighted by Gasteiger charge is -2.07. The third kappa shape index (κ3) is 2.84. The molecule has 0 atom stereocenters. The highest BCUT2D eigenvalue weighted by Gasteiger charge is 2.06. The number of fused-ring (bicyclic) bond motifs is 1. The topological polar surface area (TPSA) is 26.3 Å². The fourth-order valence-corrected chi connectivity index (χ4v) is 1.73. The first kappa shape index (κ1) is 11.6. The lowest BCUT2D eigenvalue weighted by atomic mass is 10.1. The van der Waals surface area contributed by atoms with Crippen molar-refractivity contribution in [1.82, 2.24) is 0 Å². The van der Waals surface area contributed by atoms with E-state index < -0.39 is 0 Å². The van der Waals surface area contributed by atoms with Gasteiger partial charge >= 0.3 is 5.97 Å². The van der Waals surface area contributed by atoms with Gasteiger partial charge in [-0.05, 0) is 17.9 Å². The van der Waals surface area contributed by atoms with Crippen molar-refractivity contribution >= 4 is 16.7 Å². The molecular weight excluding hydrogens is 212 g/mol. The van der Waals surface area contributed by atoms with Crippen molar-refractivity contribution in [3.8, 4) is 5.75 Å². The van der Waals surface area contributed by atoms with Gasteiger partial charge in [-0.15, -0.1) is 0 Å². The maximum absolute atomic E-state index is 11.6. The maximum atomic E-state index is 11.6. The number of rotatable bonds is 4. The van der Waals surface area contributed by atoms with E-state index in [1.165, 1.54) is 0 Å². The van der Waals surface area contributed by atoms with Crippen LogP contribution >= 0.6 is 0 Å². The number of esters is 1. The lowest BCUT2D eigenvalue weighted by Crippen LogP contribution is -2.07. The zero-order chi connectivity index (χ0) is 12.1. The van der Waals surface area contributed by atoms with Gasteiger partial charge in [0.05, 0.1) is 0 Å². The Hall–Kier alpha value is -1.83. The summed E-state index contributed by atoms with van der Waals surface area (Å²) >= 11 is 0. The molecule has 0 aliphatic rings. The van der Waals surface area contributed by atoms with Crippen molar-refractivity contribution in [2.75, 3.05) is 0 Å². The zero-order valence-electron chi connectivity index (χ0n) is 9.69. The maximum Gasteiger partial charge on any atom is 0.311 e. The van der Waals surface area contributed by atoms with Gasteiger partial charge < -0.3 is 4.74 Å². The van der Waals surface area contributed by atoms with Gasteiger partial charge in [-0.2, -0.15) is 0 Å². The van der Waals surface area contributed by atoms with E-state index in [9.17, 15) is 4.79 Å². The van der Waals surface area contributed by atoms with Crippen LogP contribution < -0.4 is 4.74 Å². The third-order valence-corrected chi connectivity index (χ3v) is 2.60. The summed E-state index contributed by atoms with van der Waals surface area (Å²) in [5.74, 6) is 0.446. The normalized spacial score (nSPS) is 10.4. The average molecular weight is 227 g/mol. The van der Waals surface area contributed by atoms with E-state index in [1.807, 2.05) is 42.5 Å². The fourth-order valence-electron chi connectivity index (χ4n) is 1.73. The fraction of sp³-hybridized carbons (Fsp3) is 0.200. The SMILES string of the molecule is [CH2]CCCC(=O)Oc1cccc2ccccc12. The molecule has 17 heavy (non-hydrogen) atoms. The Balaban J connectivity index is 2.21. The van der Waals surface area contributed by atoms with Gasteiger partial charge in [0.25, 0.3) is 0 Å². The molecule has 2 nitrogen and oxygen atoms in total. The summed E-state index contributed by atoms with van der Waals surface area (Å²) in [4.78, 5) is 11.6. The van der Waals surface area contributed by atoms with Crippen LogP contribution in [0.25, 0.3) is 10.8 Å². The molecular formula is C15H15O2. The molecule has 0 fully saturated rings. The molecule has 0 saturated carbocycles. The number of unbranched alkanes of at least 4 members (excludes halogenated alkanes) is 1. The number of hydrogen-bond donors (Lipinski definition) is 0. The van der Waals surface area contributed by atoms with E-state index in [2.05, 4.69) is 6.92 Å². The van der Waals surface area contributed by atoms with Crippen molar-refractivity contribution in [2.24, 2.45) is 0 Å². The molecule has 2 aromatic carbocycles. The quantitative estimate of drug-likeness (QED) is 0.587. The number of hydrogen-bond acceptors (Lipinski definition) is 2. The van der Waals surface area contributed by atoms with E-state index in [1.54, 1.807) is 0 Å². The smallest absolute Gasteiger partial charge is 0.311 e. The summed E-state index contributed by atoms with van der Waals surface area (Å²) in [6, 6.07) is 13.6. The average Bonchev–Trinajstić information content (AvgIpc) is 2.37. The van der Waals surface area contributed by atoms with E-state index in [-0.39, 0.29) is 5.97 Å². The Bertz CT molecular complexity index is 512. The summed E-state index contributed by atoms with van der Waals surface area (Å²) in [5.41, 5.74) is 0. The first-order valence-corrected chi connectivity index (χ1v) is 5.79. The molecule has 87 valence electrons. The summed E-state index contributed by atoms with van der Waals surface area (Å²) in [6.45, 7) is 3.71. The van der Waals surface area contributed by atoms with Crippen molar-refractivity contribution in [3.63, 3.8) is 0 Å². The monoisotopic (exact) mass is 227 g/mol. The molecule has 0 N–H and O–H groups in total.